The molecule has 0 aromatic heterocycles. The van der Waals surface area contributed by atoms with Crippen LogP contribution in [0.1, 0.15) is 19.4 Å². The summed E-state index contributed by atoms with van der Waals surface area (Å²) in [7, 11) is 2.11. The number of anilines is 2. The van der Waals surface area contributed by atoms with Crippen LogP contribution < -0.4 is 4.90 Å². The lowest BCUT2D eigenvalue weighted by Crippen LogP contribution is -2.12. The maximum Gasteiger partial charge on any atom is 0.0414 e. The van der Waals surface area contributed by atoms with Gasteiger partial charge in [-0.05, 0) is 43.7 Å². The Bertz CT molecular complexity index is 514. The summed E-state index contributed by atoms with van der Waals surface area (Å²) in [5, 5.41) is 0. The first-order valence-corrected chi connectivity index (χ1v) is 7.14. The molecule has 18 heavy (non-hydrogen) atoms. The second-order valence-electron chi connectivity index (χ2n) is 4.92. The molecular weight excluding hydrogens is 333 g/mol. The fraction of sp³-hybridized carbons (Fsp3) is 0.250. The van der Waals surface area contributed by atoms with Gasteiger partial charge < -0.3 is 4.90 Å². The van der Waals surface area contributed by atoms with E-state index in [0.717, 1.165) is 0 Å². The topological polar surface area (TPSA) is 3.24 Å². The molecule has 0 unspecified atom stereocenters. The zero-order chi connectivity index (χ0) is 13.2. The number of rotatable bonds is 3. The Morgan fingerprint density at radius 2 is 1.50 bits per heavy atom. The fourth-order valence-corrected chi connectivity index (χ4v) is 2.22. The lowest BCUT2D eigenvalue weighted by molar-refractivity contribution is 0.826. The van der Waals surface area contributed by atoms with Crippen LogP contribution in [0, 0.1) is 0 Å². The van der Waals surface area contributed by atoms with Gasteiger partial charge in [0.15, 0.2) is 0 Å². The van der Waals surface area contributed by atoms with Gasteiger partial charge in [0.2, 0.25) is 0 Å². The molecule has 0 bridgehead atoms. The molecule has 2 aromatic carbocycles. The van der Waals surface area contributed by atoms with Crippen molar-refractivity contribution in [3.05, 3.63) is 60.2 Å². The van der Waals surface area contributed by atoms with E-state index >= 15 is 0 Å². The minimum Gasteiger partial charge on any atom is -0.345 e. The number of benzene rings is 2. The molecule has 0 amide bonds. The summed E-state index contributed by atoms with van der Waals surface area (Å²) < 4.78 is 0.158. The van der Waals surface area contributed by atoms with Crippen LogP contribution in [0.15, 0.2) is 54.6 Å². The van der Waals surface area contributed by atoms with Crippen LogP contribution in [-0.2, 0) is 3.42 Å². The maximum absolute atomic E-state index is 2.48. The third-order valence-electron chi connectivity index (χ3n) is 3.06. The van der Waals surface area contributed by atoms with Crippen molar-refractivity contribution in [1.82, 2.24) is 0 Å². The van der Waals surface area contributed by atoms with Crippen LogP contribution in [0.3, 0.4) is 0 Å². The van der Waals surface area contributed by atoms with Gasteiger partial charge in [0.05, 0.1) is 0 Å². The molecule has 0 atom stereocenters. The highest BCUT2D eigenvalue weighted by Gasteiger charge is 2.16. The number of para-hydroxylation sites is 1. The normalized spacial score (nSPS) is 11.3. The second kappa shape index (κ2) is 5.31. The molecule has 0 fully saturated rings. The summed E-state index contributed by atoms with van der Waals surface area (Å²) >= 11 is 2.48. The highest BCUT2D eigenvalue weighted by atomic mass is 127. The number of hydrogen-bond acceptors (Lipinski definition) is 1. The van der Waals surface area contributed by atoms with Crippen LogP contribution in [0.25, 0.3) is 0 Å². The van der Waals surface area contributed by atoms with Crippen LogP contribution in [0.2, 0.25) is 0 Å². The van der Waals surface area contributed by atoms with E-state index in [9.17, 15) is 0 Å². The molecule has 0 aliphatic heterocycles. The minimum atomic E-state index is 0.158. The van der Waals surface area contributed by atoms with E-state index in [4.69, 9.17) is 0 Å². The highest BCUT2D eigenvalue weighted by Crippen LogP contribution is 2.33. The average Bonchev–Trinajstić information content (AvgIpc) is 2.38. The Labute approximate surface area is 123 Å². The van der Waals surface area contributed by atoms with Gasteiger partial charge >= 0.3 is 0 Å². The Balaban J connectivity index is 2.35. The van der Waals surface area contributed by atoms with Crippen LogP contribution in [0.5, 0.6) is 0 Å². The van der Waals surface area contributed by atoms with E-state index < -0.39 is 0 Å². The molecule has 2 rings (SSSR count). The molecule has 0 N–H and O–H groups in total. The molecule has 0 aliphatic rings. The highest BCUT2D eigenvalue weighted by molar-refractivity contribution is 14.1. The number of hydrogen-bond donors (Lipinski definition) is 0. The summed E-state index contributed by atoms with van der Waals surface area (Å²) in [4.78, 5) is 2.21. The average molecular weight is 351 g/mol. The van der Waals surface area contributed by atoms with Gasteiger partial charge in [-0.2, -0.15) is 0 Å². The van der Waals surface area contributed by atoms with E-state index in [0.29, 0.717) is 0 Å². The van der Waals surface area contributed by atoms with E-state index in [1.165, 1.54) is 16.9 Å². The van der Waals surface area contributed by atoms with Crippen molar-refractivity contribution >= 4 is 34.0 Å². The van der Waals surface area contributed by atoms with Crippen molar-refractivity contribution in [1.29, 1.82) is 0 Å². The lowest BCUT2D eigenvalue weighted by Gasteiger charge is -2.23. The van der Waals surface area contributed by atoms with Gasteiger partial charge in [-0.25, -0.2) is 0 Å². The van der Waals surface area contributed by atoms with Crippen molar-refractivity contribution in [2.24, 2.45) is 0 Å². The van der Waals surface area contributed by atoms with E-state index in [1.807, 2.05) is 6.07 Å². The van der Waals surface area contributed by atoms with Crippen LogP contribution in [0.4, 0.5) is 11.4 Å². The summed E-state index contributed by atoms with van der Waals surface area (Å²) in [6, 6.07) is 19.2. The fourth-order valence-electron chi connectivity index (χ4n) is 1.88. The summed E-state index contributed by atoms with van der Waals surface area (Å²) in [6.45, 7) is 4.46. The SMILES string of the molecule is CN(c1ccccc1)c1cccc(C(C)(C)I)c1. The molecule has 0 saturated heterocycles. The maximum atomic E-state index is 2.48. The smallest absolute Gasteiger partial charge is 0.0414 e. The van der Waals surface area contributed by atoms with Crippen molar-refractivity contribution in [3.63, 3.8) is 0 Å². The van der Waals surface area contributed by atoms with E-state index in [-0.39, 0.29) is 3.42 Å². The standard InChI is InChI=1S/C16H18IN/c1-16(2,17)13-8-7-11-15(12-13)18(3)14-9-5-4-6-10-14/h4-12H,1-3H3. The third kappa shape index (κ3) is 3.05. The van der Waals surface area contributed by atoms with E-state index in [1.54, 1.807) is 0 Å². The molecule has 2 aromatic rings. The van der Waals surface area contributed by atoms with Gasteiger partial charge in [-0.15, -0.1) is 0 Å². The zero-order valence-corrected chi connectivity index (χ0v) is 13.2. The predicted octanol–water partition coefficient (Wildman–Crippen LogP) is 5.12. The Hall–Kier alpha value is -1.03. The predicted molar refractivity (Wildman–Crippen MR) is 88.0 cm³/mol. The quantitative estimate of drug-likeness (QED) is 0.548. The van der Waals surface area contributed by atoms with Crippen molar-refractivity contribution in [2.45, 2.75) is 17.3 Å². The van der Waals surface area contributed by atoms with Crippen molar-refractivity contribution in [3.8, 4) is 0 Å². The molecule has 1 nitrogen and oxygen atoms in total. The largest absolute Gasteiger partial charge is 0.345 e. The Kier molecular flexibility index (Phi) is 3.95. The Morgan fingerprint density at radius 3 is 2.11 bits per heavy atom. The number of halogens is 1. The molecule has 0 aliphatic carbocycles. The van der Waals surface area contributed by atoms with Gasteiger partial charge in [-0.1, -0.05) is 52.9 Å². The lowest BCUT2D eigenvalue weighted by atomic mass is 10.0. The first kappa shape index (κ1) is 13.4. The zero-order valence-electron chi connectivity index (χ0n) is 11.0. The molecule has 2 heteroatoms. The third-order valence-corrected chi connectivity index (χ3v) is 3.69. The van der Waals surface area contributed by atoms with Gasteiger partial charge in [0.25, 0.3) is 0 Å². The molecule has 0 spiro atoms. The second-order valence-corrected chi connectivity index (χ2v) is 7.61. The summed E-state index contributed by atoms with van der Waals surface area (Å²) in [6.07, 6.45) is 0. The monoisotopic (exact) mass is 351 g/mol. The molecular formula is C16H18IN. The van der Waals surface area contributed by atoms with Gasteiger partial charge in [0.1, 0.15) is 0 Å². The van der Waals surface area contributed by atoms with E-state index in [2.05, 4.69) is 96.9 Å². The number of alkyl halides is 1. The van der Waals surface area contributed by atoms with Crippen molar-refractivity contribution < 1.29 is 0 Å². The summed E-state index contributed by atoms with van der Waals surface area (Å²) in [5.74, 6) is 0. The van der Waals surface area contributed by atoms with Gasteiger partial charge in [-0.3, -0.25) is 0 Å². The molecule has 0 radical (unpaired) electrons. The van der Waals surface area contributed by atoms with Crippen LogP contribution in [-0.4, -0.2) is 7.05 Å². The first-order chi connectivity index (χ1) is 8.48. The molecule has 0 saturated carbocycles. The first-order valence-electron chi connectivity index (χ1n) is 6.07. The summed E-state index contributed by atoms with van der Waals surface area (Å²) in [5.41, 5.74) is 3.78. The number of nitrogens with zero attached hydrogens (tertiary/aromatic N) is 1. The van der Waals surface area contributed by atoms with Gasteiger partial charge in [0, 0.05) is 21.8 Å². The van der Waals surface area contributed by atoms with Crippen LogP contribution >= 0.6 is 22.6 Å². The molecule has 94 valence electrons. The Morgan fingerprint density at radius 1 is 0.889 bits per heavy atom. The van der Waals surface area contributed by atoms with Crippen molar-refractivity contribution in [2.75, 3.05) is 11.9 Å². The minimum absolute atomic E-state index is 0.158. The molecule has 0 heterocycles.